The molecule has 1 aliphatic rings. The van der Waals surface area contributed by atoms with Crippen molar-refractivity contribution >= 4 is 17.7 Å². The Kier molecular flexibility index (Phi) is 3.04. The second-order valence-electron chi connectivity index (χ2n) is 3.37. The number of carbonyl (C=O) groups excluding carboxylic acids is 1. The minimum absolute atomic E-state index is 0.0596. The van der Waals surface area contributed by atoms with Crippen LogP contribution in [0.4, 0.5) is 0 Å². The van der Waals surface area contributed by atoms with Gasteiger partial charge < -0.3 is 4.90 Å². The number of carbonyl (C=O) groups is 1. The topological polar surface area (TPSA) is 20.3 Å². The van der Waals surface area contributed by atoms with E-state index in [-0.39, 0.29) is 4.87 Å². The van der Waals surface area contributed by atoms with Crippen LogP contribution in [-0.4, -0.2) is 28.5 Å². The first-order chi connectivity index (χ1) is 5.64. The van der Waals surface area contributed by atoms with Crippen LogP contribution in [0.15, 0.2) is 0 Å². The van der Waals surface area contributed by atoms with Gasteiger partial charge in [-0.05, 0) is 32.9 Å². The lowest BCUT2D eigenvalue weighted by Crippen LogP contribution is -2.50. The Morgan fingerprint density at radius 1 is 1.67 bits per heavy atom. The molecule has 0 aliphatic carbocycles. The van der Waals surface area contributed by atoms with E-state index in [9.17, 15) is 4.79 Å². The Hall–Kier alpha value is -0.180. The van der Waals surface area contributed by atoms with E-state index in [0.717, 1.165) is 25.8 Å². The van der Waals surface area contributed by atoms with Crippen LogP contribution in [0, 0.1) is 0 Å². The summed E-state index contributed by atoms with van der Waals surface area (Å²) in [6.45, 7) is 5.06. The Morgan fingerprint density at radius 3 is 2.75 bits per heavy atom. The van der Waals surface area contributed by atoms with Crippen molar-refractivity contribution in [1.29, 1.82) is 0 Å². The molecule has 0 N–H and O–H groups in total. The third-order valence-electron chi connectivity index (χ3n) is 2.66. The molecule has 0 bridgehead atoms. The molecule has 12 heavy (non-hydrogen) atoms. The minimum atomic E-state index is 0.0596. The lowest BCUT2D eigenvalue weighted by atomic mass is 10.0. The molecule has 1 unspecified atom stereocenters. The Labute approximate surface area is 78.7 Å². The largest absolute Gasteiger partial charge is 0.329 e. The molecule has 1 rings (SSSR count). The predicted octanol–water partition coefficient (Wildman–Crippen LogP) is 2.10. The summed E-state index contributed by atoms with van der Waals surface area (Å²) in [7, 11) is 0. The van der Waals surface area contributed by atoms with Crippen LogP contribution >= 0.6 is 11.8 Å². The molecule has 1 amide bonds. The van der Waals surface area contributed by atoms with Gasteiger partial charge in [0, 0.05) is 13.0 Å². The van der Waals surface area contributed by atoms with Crippen LogP contribution in [0.3, 0.4) is 0 Å². The molecular weight excluding hydrogens is 170 g/mol. The molecule has 1 atom stereocenters. The van der Waals surface area contributed by atoms with Crippen LogP contribution in [-0.2, 0) is 4.79 Å². The molecule has 0 radical (unpaired) electrons. The van der Waals surface area contributed by atoms with Crippen molar-refractivity contribution in [3.8, 4) is 0 Å². The highest BCUT2D eigenvalue weighted by atomic mass is 32.2. The minimum Gasteiger partial charge on any atom is -0.329 e. The van der Waals surface area contributed by atoms with E-state index in [2.05, 4.69) is 20.1 Å². The van der Waals surface area contributed by atoms with Crippen LogP contribution < -0.4 is 0 Å². The summed E-state index contributed by atoms with van der Waals surface area (Å²) in [4.78, 5) is 13.6. The van der Waals surface area contributed by atoms with Crippen molar-refractivity contribution < 1.29 is 4.79 Å². The highest BCUT2D eigenvalue weighted by Crippen LogP contribution is 2.36. The molecule has 0 aromatic heterocycles. The van der Waals surface area contributed by atoms with Gasteiger partial charge in [-0.3, -0.25) is 4.79 Å². The van der Waals surface area contributed by atoms with Gasteiger partial charge in [0.15, 0.2) is 0 Å². The average Bonchev–Trinajstić information content (AvgIpc) is 2.05. The predicted molar refractivity (Wildman–Crippen MR) is 53.2 cm³/mol. The van der Waals surface area contributed by atoms with E-state index in [1.807, 2.05) is 4.90 Å². The van der Waals surface area contributed by atoms with Gasteiger partial charge >= 0.3 is 0 Å². The first-order valence-corrected chi connectivity index (χ1v) is 5.72. The van der Waals surface area contributed by atoms with Crippen molar-refractivity contribution in [2.45, 2.75) is 38.0 Å². The maximum Gasteiger partial charge on any atom is 0.223 e. The number of hydrogen-bond acceptors (Lipinski definition) is 2. The van der Waals surface area contributed by atoms with E-state index >= 15 is 0 Å². The fourth-order valence-electron chi connectivity index (χ4n) is 1.82. The van der Waals surface area contributed by atoms with Crippen molar-refractivity contribution in [2.75, 3.05) is 12.8 Å². The first kappa shape index (κ1) is 9.90. The van der Waals surface area contributed by atoms with Gasteiger partial charge in [0.1, 0.15) is 0 Å². The molecule has 2 nitrogen and oxygen atoms in total. The van der Waals surface area contributed by atoms with Crippen LogP contribution in [0.2, 0.25) is 0 Å². The summed E-state index contributed by atoms with van der Waals surface area (Å²) >= 11 is 1.79. The average molecular weight is 187 g/mol. The maximum atomic E-state index is 11.5. The lowest BCUT2D eigenvalue weighted by molar-refractivity contribution is -0.136. The molecule has 0 saturated carbocycles. The summed E-state index contributed by atoms with van der Waals surface area (Å²) in [5, 5.41) is 0. The summed E-state index contributed by atoms with van der Waals surface area (Å²) in [5.74, 6) is 0.320. The number of rotatable bonds is 2. The second kappa shape index (κ2) is 3.69. The highest BCUT2D eigenvalue weighted by molar-refractivity contribution is 7.99. The van der Waals surface area contributed by atoms with Gasteiger partial charge in [-0.2, -0.15) is 0 Å². The lowest BCUT2D eigenvalue weighted by Gasteiger charge is -2.43. The number of piperidine rings is 1. The second-order valence-corrected chi connectivity index (χ2v) is 4.66. The van der Waals surface area contributed by atoms with E-state index in [1.165, 1.54) is 0 Å². The normalized spacial score (nSPS) is 30.9. The quantitative estimate of drug-likeness (QED) is 0.660. The Bertz CT molecular complexity index is 183. The summed E-state index contributed by atoms with van der Waals surface area (Å²) in [6.07, 6.45) is 5.01. The van der Waals surface area contributed by atoms with Gasteiger partial charge in [0.25, 0.3) is 0 Å². The van der Waals surface area contributed by atoms with E-state index in [0.29, 0.717) is 5.91 Å². The summed E-state index contributed by atoms with van der Waals surface area (Å²) < 4.78 is 0. The number of hydrogen-bond donors (Lipinski definition) is 0. The Morgan fingerprint density at radius 2 is 2.33 bits per heavy atom. The zero-order chi connectivity index (χ0) is 9.19. The smallest absolute Gasteiger partial charge is 0.223 e. The molecule has 1 fully saturated rings. The summed E-state index contributed by atoms with van der Waals surface area (Å²) in [6, 6.07) is 0. The standard InChI is InChI=1S/C9H17NOS/c1-4-10-8(11)6-5-7-9(10,2)12-3/h4-7H2,1-3H3. The van der Waals surface area contributed by atoms with Crippen molar-refractivity contribution in [3.05, 3.63) is 0 Å². The van der Waals surface area contributed by atoms with Crippen molar-refractivity contribution in [2.24, 2.45) is 0 Å². The van der Waals surface area contributed by atoms with Gasteiger partial charge in [-0.15, -0.1) is 11.8 Å². The molecule has 0 spiro atoms. The number of likely N-dealkylation sites (tertiary alicyclic amines) is 1. The van der Waals surface area contributed by atoms with Gasteiger partial charge in [0.2, 0.25) is 5.91 Å². The number of thioether (sulfide) groups is 1. The van der Waals surface area contributed by atoms with E-state index in [4.69, 9.17) is 0 Å². The molecular formula is C9H17NOS. The fraction of sp³-hybridized carbons (Fsp3) is 0.889. The van der Waals surface area contributed by atoms with E-state index < -0.39 is 0 Å². The molecule has 1 aliphatic heterocycles. The first-order valence-electron chi connectivity index (χ1n) is 4.49. The maximum absolute atomic E-state index is 11.5. The zero-order valence-electron chi connectivity index (χ0n) is 8.09. The molecule has 1 saturated heterocycles. The van der Waals surface area contributed by atoms with Crippen LogP contribution in [0.5, 0.6) is 0 Å². The number of nitrogens with zero attached hydrogens (tertiary/aromatic N) is 1. The monoisotopic (exact) mass is 187 g/mol. The highest BCUT2D eigenvalue weighted by Gasteiger charge is 2.36. The third-order valence-corrected chi connectivity index (χ3v) is 3.96. The zero-order valence-corrected chi connectivity index (χ0v) is 8.91. The Balaban J connectivity index is 2.77. The van der Waals surface area contributed by atoms with E-state index in [1.54, 1.807) is 11.8 Å². The van der Waals surface area contributed by atoms with Gasteiger partial charge in [0.05, 0.1) is 4.87 Å². The molecule has 3 heteroatoms. The van der Waals surface area contributed by atoms with Gasteiger partial charge in [-0.25, -0.2) is 0 Å². The molecule has 70 valence electrons. The van der Waals surface area contributed by atoms with Crippen molar-refractivity contribution in [1.82, 2.24) is 4.90 Å². The molecule has 1 heterocycles. The SMILES string of the molecule is CCN1C(=O)CCCC1(C)SC. The molecule has 0 aromatic carbocycles. The fourth-order valence-corrected chi connectivity index (χ4v) is 2.62. The van der Waals surface area contributed by atoms with Crippen molar-refractivity contribution in [3.63, 3.8) is 0 Å². The van der Waals surface area contributed by atoms with Gasteiger partial charge in [-0.1, -0.05) is 0 Å². The third kappa shape index (κ3) is 1.60. The van der Waals surface area contributed by atoms with Crippen LogP contribution in [0.1, 0.15) is 33.1 Å². The van der Waals surface area contributed by atoms with Crippen LogP contribution in [0.25, 0.3) is 0 Å². The summed E-state index contributed by atoms with van der Waals surface area (Å²) in [5.41, 5.74) is 0. The number of amides is 1. The molecule has 0 aromatic rings.